The van der Waals surface area contributed by atoms with Crippen LogP contribution in [0.3, 0.4) is 0 Å². The van der Waals surface area contributed by atoms with Gasteiger partial charge < -0.3 is 10.5 Å². The smallest absolute Gasteiger partial charge is 0.118 e. The van der Waals surface area contributed by atoms with Crippen LogP contribution in [0.4, 0.5) is 4.39 Å². The molecule has 0 aliphatic carbocycles. The van der Waals surface area contributed by atoms with Gasteiger partial charge in [0.25, 0.3) is 0 Å². The summed E-state index contributed by atoms with van der Waals surface area (Å²) < 4.78 is 17.8. The summed E-state index contributed by atoms with van der Waals surface area (Å²) in [4.78, 5) is 0. The van der Waals surface area contributed by atoms with Crippen LogP contribution < -0.4 is 10.5 Å². The average molecular weight is 197 g/mol. The number of rotatable bonds is 4. The van der Waals surface area contributed by atoms with Gasteiger partial charge in [0, 0.05) is 12.0 Å². The zero-order chi connectivity index (χ0) is 10.6. The molecule has 1 aromatic rings. The van der Waals surface area contributed by atoms with Gasteiger partial charge >= 0.3 is 0 Å². The van der Waals surface area contributed by atoms with Crippen LogP contribution in [-0.2, 0) is 5.41 Å². The highest BCUT2D eigenvalue weighted by Gasteiger charge is 2.24. The zero-order valence-corrected chi connectivity index (χ0v) is 8.59. The summed E-state index contributed by atoms with van der Waals surface area (Å²) in [6.07, 6.45) is 0. The van der Waals surface area contributed by atoms with Gasteiger partial charge in [0.2, 0.25) is 0 Å². The first-order valence-corrected chi connectivity index (χ1v) is 4.57. The topological polar surface area (TPSA) is 35.2 Å². The molecule has 0 bridgehead atoms. The van der Waals surface area contributed by atoms with Crippen molar-refractivity contribution in [1.29, 1.82) is 0 Å². The summed E-state index contributed by atoms with van der Waals surface area (Å²) in [6.45, 7) is 1.67. The van der Waals surface area contributed by atoms with Crippen molar-refractivity contribution in [1.82, 2.24) is 0 Å². The van der Waals surface area contributed by atoms with E-state index in [2.05, 4.69) is 0 Å². The molecule has 1 rings (SSSR count). The fourth-order valence-electron chi connectivity index (χ4n) is 1.24. The third-order valence-electron chi connectivity index (χ3n) is 2.53. The van der Waals surface area contributed by atoms with Crippen LogP contribution in [0, 0.1) is 0 Å². The molecule has 0 radical (unpaired) electrons. The van der Waals surface area contributed by atoms with Crippen molar-refractivity contribution in [3.05, 3.63) is 29.8 Å². The number of alkyl halides is 1. The number of nitrogens with two attached hydrogens (primary N) is 1. The Morgan fingerprint density at radius 3 is 2.29 bits per heavy atom. The maximum atomic E-state index is 12.8. The molecule has 14 heavy (non-hydrogen) atoms. The molecule has 1 unspecified atom stereocenters. The maximum Gasteiger partial charge on any atom is 0.118 e. The molecule has 0 aliphatic heterocycles. The molecule has 0 amide bonds. The van der Waals surface area contributed by atoms with Crippen LogP contribution in [0.1, 0.15) is 12.5 Å². The Hall–Kier alpha value is -1.09. The van der Waals surface area contributed by atoms with Crippen molar-refractivity contribution in [2.45, 2.75) is 12.3 Å². The van der Waals surface area contributed by atoms with E-state index in [4.69, 9.17) is 10.5 Å². The van der Waals surface area contributed by atoms with E-state index >= 15 is 0 Å². The molecule has 0 aliphatic rings. The summed E-state index contributed by atoms with van der Waals surface area (Å²) in [5.74, 6) is 0.770. The maximum absolute atomic E-state index is 12.8. The largest absolute Gasteiger partial charge is 0.497 e. The molecule has 3 heteroatoms. The first-order chi connectivity index (χ1) is 6.66. The number of benzene rings is 1. The molecule has 0 heterocycles. The highest BCUT2D eigenvalue weighted by molar-refractivity contribution is 5.32. The number of halogens is 1. The Labute approximate surface area is 83.9 Å². The highest BCUT2D eigenvalue weighted by Crippen LogP contribution is 2.25. The van der Waals surface area contributed by atoms with E-state index in [1.807, 2.05) is 31.2 Å². The highest BCUT2D eigenvalue weighted by atomic mass is 19.1. The van der Waals surface area contributed by atoms with E-state index in [0.29, 0.717) is 6.54 Å². The normalized spacial score (nSPS) is 14.9. The van der Waals surface area contributed by atoms with Crippen LogP contribution in [0.5, 0.6) is 5.75 Å². The third-order valence-corrected chi connectivity index (χ3v) is 2.53. The molecule has 0 fully saturated rings. The second-order valence-electron chi connectivity index (χ2n) is 3.63. The minimum atomic E-state index is -0.577. The second kappa shape index (κ2) is 4.42. The first-order valence-electron chi connectivity index (χ1n) is 4.57. The lowest BCUT2D eigenvalue weighted by molar-refractivity contribution is 0.333. The fourth-order valence-corrected chi connectivity index (χ4v) is 1.24. The van der Waals surface area contributed by atoms with Crippen LogP contribution >= 0.6 is 0 Å². The fraction of sp³-hybridized carbons (Fsp3) is 0.455. The van der Waals surface area contributed by atoms with Crippen LogP contribution in [0.15, 0.2) is 24.3 Å². The summed E-state index contributed by atoms with van der Waals surface area (Å²) in [7, 11) is 1.60. The van der Waals surface area contributed by atoms with Crippen LogP contribution in [0.25, 0.3) is 0 Å². The quantitative estimate of drug-likeness (QED) is 0.799. The Morgan fingerprint density at radius 1 is 1.36 bits per heavy atom. The summed E-state index contributed by atoms with van der Waals surface area (Å²) in [5, 5.41) is 0. The standard InChI is InChI=1S/C11H16FNO/c1-11(7-12,8-13)9-3-5-10(14-2)6-4-9/h3-6H,7-8,13H2,1-2H3. The van der Waals surface area contributed by atoms with Gasteiger partial charge in [-0.15, -0.1) is 0 Å². The van der Waals surface area contributed by atoms with Crippen LogP contribution in [-0.4, -0.2) is 20.3 Å². The Balaban J connectivity index is 2.95. The molecular weight excluding hydrogens is 181 g/mol. The van der Waals surface area contributed by atoms with Gasteiger partial charge in [-0.25, -0.2) is 0 Å². The Bertz CT molecular complexity index is 280. The van der Waals surface area contributed by atoms with Gasteiger partial charge in [-0.1, -0.05) is 19.1 Å². The molecule has 1 atom stereocenters. The summed E-state index contributed by atoms with van der Waals surface area (Å²) in [6, 6.07) is 7.34. The Kier molecular flexibility index (Phi) is 3.47. The van der Waals surface area contributed by atoms with E-state index in [0.717, 1.165) is 11.3 Å². The summed E-state index contributed by atoms with van der Waals surface area (Å²) in [5.41, 5.74) is 5.88. The van der Waals surface area contributed by atoms with Gasteiger partial charge in [-0.2, -0.15) is 0 Å². The lowest BCUT2D eigenvalue weighted by atomic mass is 9.84. The van der Waals surface area contributed by atoms with E-state index < -0.39 is 12.1 Å². The van der Waals surface area contributed by atoms with Crippen molar-refractivity contribution in [2.24, 2.45) is 5.73 Å². The Morgan fingerprint density at radius 2 is 1.93 bits per heavy atom. The molecule has 0 saturated carbocycles. The van der Waals surface area contributed by atoms with E-state index in [1.165, 1.54) is 0 Å². The number of hydrogen-bond acceptors (Lipinski definition) is 2. The first kappa shape index (κ1) is 11.0. The zero-order valence-electron chi connectivity index (χ0n) is 8.59. The number of ether oxygens (including phenoxy) is 1. The van der Waals surface area contributed by atoms with Gasteiger partial charge in [0.05, 0.1) is 13.8 Å². The van der Waals surface area contributed by atoms with Crippen LogP contribution in [0.2, 0.25) is 0 Å². The van der Waals surface area contributed by atoms with E-state index in [-0.39, 0.29) is 0 Å². The molecule has 2 nitrogen and oxygen atoms in total. The average Bonchev–Trinajstić information content (AvgIpc) is 2.28. The van der Waals surface area contributed by atoms with Gasteiger partial charge in [-0.3, -0.25) is 4.39 Å². The molecule has 0 spiro atoms. The van der Waals surface area contributed by atoms with Gasteiger partial charge in [-0.05, 0) is 17.7 Å². The van der Waals surface area contributed by atoms with Crippen molar-refractivity contribution in [3.8, 4) is 5.75 Å². The summed E-state index contributed by atoms with van der Waals surface area (Å²) >= 11 is 0. The predicted molar refractivity (Wildman–Crippen MR) is 55.4 cm³/mol. The number of hydrogen-bond donors (Lipinski definition) is 1. The van der Waals surface area contributed by atoms with Gasteiger partial charge in [0.15, 0.2) is 0 Å². The lowest BCUT2D eigenvalue weighted by Crippen LogP contribution is -2.33. The van der Waals surface area contributed by atoms with E-state index in [1.54, 1.807) is 7.11 Å². The number of methoxy groups -OCH3 is 1. The SMILES string of the molecule is COc1ccc(C(C)(CN)CF)cc1. The molecule has 0 aromatic heterocycles. The minimum absolute atomic E-state index is 0.301. The molecular formula is C11H16FNO. The minimum Gasteiger partial charge on any atom is -0.497 e. The third kappa shape index (κ3) is 2.04. The predicted octanol–water partition coefficient (Wildman–Crippen LogP) is 1.88. The van der Waals surface area contributed by atoms with Crippen molar-refractivity contribution in [2.75, 3.05) is 20.3 Å². The van der Waals surface area contributed by atoms with Crippen molar-refractivity contribution in [3.63, 3.8) is 0 Å². The van der Waals surface area contributed by atoms with Crippen molar-refractivity contribution < 1.29 is 9.13 Å². The van der Waals surface area contributed by atoms with Gasteiger partial charge in [0.1, 0.15) is 5.75 Å². The molecule has 2 N–H and O–H groups in total. The monoisotopic (exact) mass is 197 g/mol. The van der Waals surface area contributed by atoms with Crippen molar-refractivity contribution >= 4 is 0 Å². The molecule has 1 aromatic carbocycles. The molecule has 0 saturated heterocycles. The molecule has 78 valence electrons. The second-order valence-corrected chi connectivity index (χ2v) is 3.63. The lowest BCUT2D eigenvalue weighted by Gasteiger charge is -2.24. The van der Waals surface area contributed by atoms with E-state index in [9.17, 15) is 4.39 Å².